The quantitative estimate of drug-likeness (QED) is 0.271. The molecule has 0 amide bonds. The van der Waals surface area contributed by atoms with Crippen molar-refractivity contribution >= 4 is 33.2 Å². The Balaban J connectivity index is 2.49. The van der Waals surface area contributed by atoms with E-state index in [1.54, 1.807) is 0 Å². The van der Waals surface area contributed by atoms with Crippen LogP contribution in [0.2, 0.25) is 0 Å². The van der Waals surface area contributed by atoms with E-state index in [1.807, 2.05) is 0 Å². The number of ketones is 1. The minimum Gasteiger partial charge on any atom is -0.463 e. The van der Waals surface area contributed by atoms with E-state index in [-0.39, 0.29) is 11.3 Å². The van der Waals surface area contributed by atoms with Crippen molar-refractivity contribution in [2.24, 2.45) is 0 Å². The molecule has 0 aliphatic carbocycles. The maximum atomic E-state index is 12.5. The van der Waals surface area contributed by atoms with Gasteiger partial charge in [0.15, 0.2) is 4.90 Å². The minimum atomic E-state index is -4.37. The molecule has 0 unspecified atom stereocenters. The normalized spacial score (nSPS) is 10.8. The highest BCUT2D eigenvalue weighted by Gasteiger charge is 2.27. The lowest BCUT2D eigenvalue weighted by atomic mass is 10.1. The molecule has 0 bridgehead atoms. The third-order valence-electron chi connectivity index (χ3n) is 3.14. The van der Waals surface area contributed by atoms with E-state index in [0.717, 1.165) is 19.2 Å². The first-order chi connectivity index (χ1) is 11.8. The van der Waals surface area contributed by atoms with E-state index in [4.69, 9.17) is 0 Å². The van der Waals surface area contributed by atoms with Crippen LogP contribution in [0.5, 0.6) is 0 Å². The van der Waals surface area contributed by atoms with Crippen molar-refractivity contribution in [3.05, 3.63) is 64.2 Å². The highest BCUT2D eigenvalue weighted by atomic mass is 32.2. The number of ether oxygens (including phenoxy) is 1. The van der Waals surface area contributed by atoms with E-state index >= 15 is 0 Å². The lowest BCUT2D eigenvalue weighted by Gasteiger charge is -2.11. The molecule has 0 fully saturated rings. The fourth-order valence-electron chi connectivity index (χ4n) is 2.01. The third kappa shape index (κ3) is 3.80. The van der Waals surface area contributed by atoms with Gasteiger partial charge in [0.05, 0.1) is 23.3 Å². The molecule has 0 saturated heterocycles. The smallest absolute Gasteiger partial charge is 0.379 e. The summed E-state index contributed by atoms with van der Waals surface area (Å²) < 4.78 is 31.4. The molecule has 0 aliphatic rings. The topological polar surface area (TPSA) is 133 Å². The van der Waals surface area contributed by atoms with Crippen LogP contribution < -0.4 is 4.72 Å². The molecule has 10 heteroatoms. The number of nitro groups is 1. The molecule has 2 rings (SSSR count). The van der Waals surface area contributed by atoms with E-state index in [1.165, 1.54) is 36.4 Å². The van der Waals surface area contributed by atoms with Crippen LogP contribution in [0.3, 0.4) is 0 Å². The van der Waals surface area contributed by atoms with Crippen molar-refractivity contribution in [1.82, 2.24) is 0 Å². The van der Waals surface area contributed by atoms with Gasteiger partial charge in [-0.2, -0.15) is 0 Å². The van der Waals surface area contributed by atoms with Crippen LogP contribution in [0.4, 0.5) is 11.4 Å². The summed E-state index contributed by atoms with van der Waals surface area (Å²) in [5, 5.41) is 11.0. The summed E-state index contributed by atoms with van der Waals surface area (Å²) in [6.45, 7) is 0. The molecular weight excluding hydrogens is 352 g/mol. The first-order valence-electron chi connectivity index (χ1n) is 6.76. The zero-order valence-corrected chi connectivity index (χ0v) is 13.6. The van der Waals surface area contributed by atoms with Gasteiger partial charge in [-0.05, 0) is 18.2 Å². The Bertz CT molecular complexity index is 954. The average Bonchev–Trinajstić information content (AvgIpc) is 2.60. The number of anilines is 1. The Labute approximate surface area is 142 Å². The molecule has 0 heterocycles. The van der Waals surface area contributed by atoms with Crippen LogP contribution in [0.15, 0.2) is 53.4 Å². The van der Waals surface area contributed by atoms with Crippen molar-refractivity contribution < 1.29 is 27.7 Å². The van der Waals surface area contributed by atoms with Crippen LogP contribution >= 0.6 is 0 Å². The second-order valence-electron chi connectivity index (χ2n) is 4.70. The van der Waals surface area contributed by atoms with Gasteiger partial charge < -0.3 is 4.74 Å². The largest absolute Gasteiger partial charge is 0.463 e. The van der Waals surface area contributed by atoms with Crippen LogP contribution in [0.1, 0.15) is 10.4 Å². The molecule has 0 saturated carbocycles. The number of rotatable bonds is 6. The monoisotopic (exact) mass is 364 g/mol. The number of nitro benzene ring substituents is 1. The van der Waals surface area contributed by atoms with E-state index < -0.39 is 37.3 Å². The number of carbonyl (C=O) groups excluding carboxylic acids is 2. The molecule has 130 valence electrons. The predicted octanol–water partition coefficient (Wildman–Crippen LogP) is 1.75. The molecule has 2 aromatic rings. The highest BCUT2D eigenvalue weighted by Crippen LogP contribution is 2.26. The van der Waals surface area contributed by atoms with Gasteiger partial charge in [-0.1, -0.05) is 24.3 Å². The molecular formula is C15H12N2O7S. The summed E-state index contributed by atoms with van der Waals surface area (Å²) in [4.78, 5) is 33.0. The number of nitrogens with one attached hydrogen (secondary N) is 1. The molecule has 0 aromatic heterocycles. The number of para-hydroxylation sites is 2. The summed E-state index contributed by atoms with van der Waals surface area (Å²) >= 11 is 0. The Kier molecular flexibility index (Phi) is 5.13. The van der Waals surface area contributed by atoms with Crippen molar-refractivity contribution in [3.8, 4) is 0 Å². The number of carbonyl (C=O) groups is 2. The number of benzene rings is 2. The SMILES string of the molecule is COC(=O)C(=O)c1ccccc1NS(=O)(=O)c1ccccc1[N+](=O)[O-]. The third-order valence-corrected chi connectivity index (χ3v) is 4.55. The van der Waals surface area contributed by atoms with Crippen molar-refractivity contribution in [2.45, 2.75) is 4.90 Å². The molecule has 1 N–H and O–H groups in total. The standard InChI is InChI=1S/C15H12N2O7S/c1-24-15(19)14(18)10-6-2-3-7-11(10)16-25(22,23)13-9-5-4-8-12(13)17(20)21/h2-9,16H,1H3. The van der Waals surface area contributed by atoms with Gasteiger partial charge >= 0.3 is 5.97 Å². The molecule has 0 spiro atoms. The lowest BCUT2D eigenvalue weighted by molar-refractivity contribution is -0.387. The molecule has 2 aromatic carbocycles. The average molecular weight is 364 g/mol. The second kappa shape index (κ2) is 7.09. The molecule has 0 radical (unpaired) electrons. The van der Waals surface area contributed by atoms with E-state index in [0.29, 0.717) is 0 Å². The Morgan fingerprint density at radius 3 is 2.32 bits per heavy atom. The maximum Gasteiger partial charge on any atom is 0.379 e. The zero-order valence-electron chi connectivity index (χ0n) is 12.8. The van der Waals surface area contributed by atoms with E-state index in [9.17, 15) is 28.1 Å². The lowest BCUT2D eigenvalue weighted by Crippen LogP contribution is -2.20. The predicted molar refractivity (Wildman–Crippen MR) is 86.7 cm³/mol. The van der Waals surface area contributed by atoms with Crippen molar-refractivity contribution in [1.29, 1.82) is 0 Å². The summed E-state index contributed by atoms with van der Waals surface area (Å²) in [5.41, 5.74) is -1.06. The van der Waals surface area contributed by atoms with E-state index in [2.05, 4.69) is 9.46 Å². The van der Waals surface area contributed by atoms with Crippen LogP contribution in [-0.4, -0.2) is 32.2 Å². The van der Waals surface area contributed by atoms with Gasteiger partial charge in [-0.15, -0.1) is 0 Å². The Morgan fingerprint density at radius 2 is 1.68 bits per heavy atom. The van der Waals surface area contributed by atoms with Crippen LogP contribution in [0, 0.1) is 10.1 Å². The Morgan fingerprint density at radius 1 is 1.08 bits per heavy atom. The molecule has 0 aliphatic heterocycles. The fourth-order valence-corrected chi connectivity index (χ4v) is 3.26. The number of nitrogens with zero attached hydrogens (tertiary/aromatic N) is 1. The number of hydrogen-bond acceptors (Lipinski definition) is 7. The highest BCUT2D eigenvalue weighted by molar-refractivity contribution is 7.92. The van der Waals surface area contributed by atoms with Gasteiger partial charge in [0, 0.05) is 6.07 Å². The zero-order chi connectivity index (χ0) is 18.6. The first-order valence-corrected chi connectivity index (χ1v) is 8.24. The maximum absolute atomic E-state index is 12.5. The molecule has 9 nitrogen and oxygen atoms in total. The van der Waals surface area contributed by atoms with Gasteiger partial charge in [0.2, 0.25) is 0 Å². The van der Waals surface area contributed by atoms with Gasteiger partial charge in [-0.3, -0.25) is 19.6 Å². The van der Waals surface area contributed by atoms with Gasteiger partial charge in [0.1, 0.15) is 0 Å². The summed E-state index contributed by atoms with van der Waals surface area (Å²) in [6.07, 6.45) is 0. The van der Waals surface area contributed by atoms with Crippen LogP contribution in [-0.2, 0) is 19.6 Å². The summed E-state index contributed by atoms with van der Waals surface area (Å²) in [5.74, 6) is -2.22. The van der Waals surface area contributed by atoms with Crippen molar-refractivity contribution in [3.63, 3.8) is 0 Å². The van der Waals surface area contributed by atoms with Gasteiger partial charge in [0.25, 0.3) is 21.5 Å². The summed E-state index contributed by atoms with van der Waals surface area (Å²) in [6, 6.07) is 10.1. The summed E-state index contributed by atoms with van der Waals surface area (Å²) in [7, 11) is -3.36. The fraction of sp³-hybridized carbons (Fsp3) is 0.0667. The number of hydrogen-bond donors (Lipinski definition) is 1. The number of methoxy groups -OCH3 is 1. The number of esters is 1. The molecule has 25 heavy (non-hydrogen) atoms. The first kappa shape index (κ1) is 18.1. The Hall–Kier alpha value is -3.27. The second-order valence-corrected chi connectivity index (χ2v) is 6.35. The molecule has 0 atom stereocenters. The van der Waals surface area contributed by atoms with Crippen LogP contribution in [0.25, 0.3) is 0 Å². The number of Topliss-reactive ketones (excluding diaryl/α,β-unsaturated/α-hetero) is 1. The number of sulfonamides is 1. The van der Waals surface area contributed by atoms with Gasteiger partial charge in [-0.25, -0.2) is 13.2 Å². The minimum absolute atomic E-state index is 0.198. The van der Waals surface area contributed by atoms with Crippen molar-refractivity contribution in [2.75, 3.05) is 11.8 Å².